The lowest BCUT2D eigenvalue weighted by Gasteiger charge is -2.35. The monoisotopic (exact) mass is 360 g/mol. The number of sulfone groups is 1. The van der Waals surface area contributed by atoms with Gasteiger partial charge in [0.15, 0.2) is 9.84 Å². The molecule has 138 valence electrons. The third kappa shape index (κ3) is 4.92. The predicted molar refractivity (Wildman–Crippen MR) is 90.5 cm³/mol. The number of likely N-dealkylation sites (tertiary alicyclic amines) is 1. The first kappa shape index (κ1) is 19.2. The van der Waals surface area contributed by atoms with E-state index < -0.39 is 21.8 Å². The number of carbonyl (C=O) groups is 2. The van der Waals surface area contributed by atoms with Crippen LogP contribution in [-0.4, -0.2) is 78.4 Å². The van der Waals surface area contributed by atoms with Crippen LogP contribution >= 0.6 is 0 Å². The highest BCUT2D eigenvalue weighted by molar-refractivity contribution is 7.91. The molecule has 2 fully saturated rings. The van der Waals surface area contributed by atoms with Crippen LogP contribution in [0.5, 0.6) is 0 Å². The number of carboxylic acid groups (broad SMARTS) is 1. The summed E-state index contributed by atoms with van der Waals surface area (Å²) in [6.45, 7) is 3.24. The van der Waals surface area contributed by atoms with E-state index in [0.29, 0.717) is 25.9 Å². The molecule has 24 heavy (non-hydrogen) atoms. The van der Waals surface area contributed by atoms with Gasteiger partial charge in [0.1, 0.15) is 6.04 Å². The van der Waals surface area contributed by atoms with Gasteiger partial charge >= 0.3 is 5.97 Å². The van der Waals surface area contributed by atoms with Gasteiger partial charge in [0.05, 0.1) is 18.1 Å². The van der Waals surface area contributed by atoms with Crippen LogP contribution in [0.3, 0.4) is 0 Å². The van der Waals surface area contributed by atoms with Gasteiger partial charge in [-0.1, -0.05) is 19.8 Å². The third-order valence-corrected chi connectivity index (χ3v) is 6.71. The van der Waals surface area contributed by atoms with Crippen molar-refractivity contribution in [1.29, 1.82) is 0 Å². The number of piperidine rings is 1. The Labute approximate surface area is 143 Å². The smallest absolute Gasteiger partial charge is 0.320 e. The average Bonchev–Trinajstić information content (AvgIpc) is 2.88. The zero-order valence-corrected chi connectivity index (χ0v) is 15.1. The maximum atomic E-state index is 12.8. The Morgan fingerprint density at radius 2 is 2.00 bits per heavy atom. The normalized spacial score (nSPS) is 27.0. The van der Waals surface area contributed by atoms with Crippen molar-refractivity contribution in [1.82, 2.24) is 9.80 Å². The Morgan fingerprint density at radius 1 is 1.25 bits per heavy atom. The van der Waals surface area contributed by atoms with Crippen LogP contribution in [0.4, 0.5) is 0 Å². The molecule has 2 unspecified atom stereocenters. The highest BCUT2D eigenvalue weighted by Crippen LogP contribution is 2.21. The van der Waals surface area contributed by atoms with Gasteiger partial charge in [-0.15, -0.1) is 0 Å². The second-order valence-corrected chi connectivity index (χ2v) is 9.05. The average molecular weight is 360 g/mol. The SMILES string of the molecule is CCCCN(C(=O)CN1CCCCC1C(=O)O)C1CCS(=O)(=O)C1. The van der Waals surface area contributed by atoms with Crippen molar-refractivity contribution in [2.24, 2.45) is 0 Å². The van der Waals surface area contributed by atoms with E-state index >= 15 is 0 Å². The largest absolute Gasteiger partial charge is 0.480 e. The molecular weight excluding hydrogens is 332 g/mol. The van der Waals surface area contributed by atoms with E-state index in [4.69, 9.17) is 0 Å². The van der Waals surface area contributed by atoms with Gasteiger partial charge in [-0.25, -0.2) is 8.42 Å². The molecule has 2 rings (SSSR count). The first-order valence-electron chi connectivity index (χ1n) is 8.81. The van der Waals surface area contributed by atoms with Gasteiger partial charge in [0.25, 0.3) is 0 Å². The Morgan fingerprint density at radius 3 is 2.58 bits per heavy atom. The Balaban J connectivity index is 2.05. The molecule has 2 heterocycles. The second-order valence-electron chi connectivity index (χ2n) is 6.82. The molecule has 0 aromatic rings. The molecule has 7 nitrogen and oxygen atoms in total. The fourth-order valence-corrected chi connectivity index (χ4v) is 5.32. The number of nitrogens with zero attached hydrogens (tertiary/aromatic N) is 2. The zero-order chi connectivity index (χ0) is 17.7. The fourth-order valence-electron chi connectivity index (χ4n) is 3.59. The molecule has 0 aromatic heterocycles. The van der Waals surface area contributed by atoms with Gasteiger partial charge in [-0.05, 0) is 32.2 Å². The summed E-state index contributed by atoms with van der Waals surface area (Å²) >= 11 is 0. The maximum absolute atomic E-state index is 12.8. The lowest BCUT2D eigenvalue weighted by molar-refractivity contribution is -0.146. The van der Waals surface area contributed by atoms with Gasteiger partial charge in [-0.2, -0.15) is 0 Å². The predicted octanol–water partition coefficient (Wildman–Crippen LogP) is 0.741. The van der Waals surface area contributed by atoms with Crippen molar-refractivity contribution in [3.05, 3.63) is 0 Å². The molecule has 0 spiro atoms. The van der Waals surface area contributed by atoms with Crippen molar-refractivity contribution in [2.75, 3.05) is 31.1 Å². The quantitative estimate of drug-likeness (QED) is 0.720. The summed E-state index contributed by atoms with van der Waals surface area (Å²) in [5.74, 6) is -0.857. The van der Waals surface area contributed by atoms with Crippen molar-refractivity contribution in [3.8, 4) is 0 Å². The van der Waals surface area contributed by atoms with Crippen LogP contribution in [0, 0.1) is 0 Å². The molecule has 2 saturated heterocycles. The van der Waals surface area contributed by atoms with E-state index in [-0.39, 0.29) is 30.0 Å². The van der Waals surface area contributed by atoms with Crippen molar-refractivity contribution < 1.29 is 23.1 Å². The Bertz CT molecular complexity index is 563. The van der Waals surface area contributed by atoms with Gasteiger partial charge in [0.2, 0.25) is 5.91 Å². The summed E-state index contributed by atoms with van der Waals surface area (Å²) < 4.78 is 23.5. The Hall–Kier alpha value is -1.15. The molecule has 8 heteroatoms. The van der Waals surface area contributed by atoms with Crippen LogP contribution in [0.2, 0.25) is 0 Å². The number of rotatable bonds is 7. The summed E-state index contributed by atoms with van der Waals surface area (Å²) in [6, 6.07) is -0.870. The number of carbonyl (C=O) groups excluding carboxylic acids is 1. The molecule has 0 aliphatic carbocycles. The lowest BCUT2D eigenvalue weighted by atomic mass is 10.0. The van der Waals surface area contributed by atoms with E-state index in [9.17, 15) is 23.1 Å². The number of unbranched alkanes of at least 4 members (excludes halogenated alkanes) is 1. The first-order valence-corrected chi connectivity index (χ1v) is 10.6. The zero-order valence-electron chi connectivity index (χ0n) is 14.3. The van der Waals surface area contributed by atoms with E-state index in [1.54, 1.807) is 9.80 Å². The topological polar surface area (TPSA) is 95.0 Å². The lowest BCUT2D eigenvalue weighted by Crippen LogP contribution is -2.52. The van der Waals surface area contributed by atoms with Crippen molar-refractivity contribution >= 4 is 21.7 Å². The van der Waals surface area contributed by atoms with Crippen molar-refractivity contribution in [2.45, 2.75) is 57.5 Å². The molecule has 1 amide bonds. The second kappa shape index (κ2) is 8.29. The van der Waals surface area contributed by atoms with Crippen LogP contribution in [0.15, 0.2) is 0 Å². The van der Waals surface area contributed by atoms with Gasteiger partial charge < -0.3 is 10.0 Å². The van der Waals surface area contributed by atoms with Crippen LogP contribution < -0.4 is 0 Å². The Kier molecular flexibility index (Phi) is 6.62. The molecule has 0 radical (unpaired) electrons. The highest BCUT2D eigenvalue weighted by atomic mass is 32.2. The molecular formula is C16H28N2O5S. The standard InChI is InChI=1S/C16H28N2O5S/c1-2-3-9-18(13-7-10-24(22,23)12-13)15(19)11-17-8-5-4-6-14(17)16(20)21/h13-14H,2-12H2,1H3,(H,20,21). The maximum Gasteiger partial charge on any atom is 0.320 e. The first-order chi connectivity index (χ1) is 11.3. The number of amides is 1. The number of hydrogen-bond acceptors (Lipinski definition) is 5. The van der Waals surface area contributed by atoms with Crippen LogP contribution in [0.25, 0.3) is 0 Å². The highest BCUT2D eigenvalue weighted by Gasteiger charge is 2.36. The van der Waals surface area contributed by atoms with Crippen molar-refractivity contribution in [3.63, 3.8) is 0 Å². The summed E-state index contributed by atoms with van der Waals surface area (Å²) in [6.07, 6.45) is 4.55. The van der Waals surface area contributed by atoms with Crippen LogP contribution in [0.1, 0.15) is 45.4 Å². The summed E-state index contributed by atoms with van der Waals surface area (Å²) in [7, 11) is -3.06. The number of hydrogen-bond donors (Lipinski definition) is 1. The molecule has 0 saturated carbocycles. The summed E-state index contributed by atoms with van der Waals surface area (Å²) in [5.41, 5.74) is 0. The van der Waals surface area contributed by atoms with Gasteiger partial charge in [0, 0.05) is 12.6 Å². The van der Waals surface area contributed by atoms with Crippen LogP contribution in [-0.2, 0) is 19.4 Å². The fraction of sp³-hybridized carbons (Fsp3) is 0.875. The minimum absolute atomic E-state index is 0.0326. The third-order valence-electron chi connectivity index (χ3n) is 4.96. The molecule has 2 aliphatic heterocycles. The molecule has 0 aromatic carbocycles. The van der Waals surface area contributed by atoms with E-state index in [2.05, 4.69) is 0 Å². The number of carboxylic acids is 1. The molecule has 2 aliphatic rings. The van der Waals surface area contributed by atoms with Gasteiger partial charge in [-0.3, -0.25) is 14.5 Å². The molecule has 0 bridgehead atoms. The summed E-state index contributed by atoms with van der Waals surface area (Å²) in [5, 5.41) is 9.34. The minimum Gasteiger partial charge on any atom is -0.480 e. The number of aliphatic carboxylic acids is 1. The minimum atomic E-state index is -3.06. The van der Waals surface area contributed by atoms with E-state index in [0.717, 1.165) is 25.7 Å². The van der Waals surface area contributed by atoms with E-state index in [1.165, 1.54) is 0 Å². The van der Waals surface area contributed by atoms with E-state index in [1.807, 2.05) is 6.92 Å². The molecule has 2 atom stereocenters. The summed E-state index contributed by atoms with van der Waals surface area (Å²) in [4.78, 5) is 27.6. The molecule has 1 N–H and O–H groups in total.